The molecule has 0 amide bonds. The number of benzene rings is 1. The van der Waals surface area contributed by atoms with Gasteiger partial charge in [-0.1, -0.05) is 6.92 Å². The van der Waals surface area contributed by atoms with Gasteiger partial charge in [0.2, 0.25) is 0 Å². The van der Waals surface area contributed by atoms with Gasteiger partial charge in [0.1, 0.15) is 6.10 Å². The number of fused-ring (bicyclic) bond motifs is 5. The number of carbonyl (C=O) groups is 1. The van der Waals surface area contributed by atoms with Crippen LogP contribution < -0.4 is 10.5 Å². The molecule has 0 unspecified atom stereocenters. The van der Waals surface area contributed by atoms with Crippen LogP contribution in [0.5, 0.6) is 11.5 Å². The Morgan fingerprint density at radius 2 is 2.12 bits per heavy atom. The van der Waals surface area contributed by atoms with Crippen molar-refractivity contribution in [1.82, 2.24) is 0 Å². The van der Waals surface area contributed by atoms with Crippen LogP contribution in [0.3, 0.4) is 0 Å². The van der Waals surface area contributed by atoms with E-state index in [1.165, 1.54) is 11.1 Å². The molecule has 2 saturated carbocycles. The van der Waals surface area contributed by atoms with Crippen LogP contribution in [0.2, 0.25) is 0 Å². The van der Waals surface area contributed by atoms with Crippen molar-refractivity contribution < 1.29 is 19.4 Å². The number of rotatable bonds is 3. The van der Waals surface area contributed by atoms with Crippen LogP contribution in [-0.2, 0) is 16.0 Å². The number of carbonyl (C=O) groups excluding carboxylic acids is 1. The van der Waals surface area contributed by atoms with Gasteiger partial charge in [0.15, 0.2) is 11.5 Å². The molecule has 3 aliphatic rings. The van der Waals surface area contributed by atoms with E-state index in [1.54, 1.807) is 7.11 Å². The molecule has 26 heavy (non-hydrogen) atoms. The first-order valence-corrected chi connectivity index (χ1v) is 9.77. The Balaban J connectivity index is 1.62. The van der Waals surface area contributed by atoms with Gasteiger partial charge in [-0.25, -0.2) is 0 Å². The molecule has 0 bridgehead atoms. The molecule has 1 aromatic rings. The summed E-state index contributed by atoms with van der Waals surface area (Å²) in [4.78, 5) is 11.7. The number of aromatic hydroxyl groups is 1. The third-order valence-electron chi connectivity index (χ3n) is 7.38. The van der Waals surface area contributed by atoms with E-state index in [9.17, 15) is 9.90 Å². The normalized spacial score (nSPS) is 35.2. The first-order chi connectivity index (χ1) is 12.5. The van der Waals surface area contributed by atoms with E-state index in [2.05, 4.69) is 6.92 Å². The third kappa shape index (κ3) is 2.59. The minimum absolute atomic E-state index is 0.000232. The van der Waals surface area contributed by atoms with Gasteiger partial charge in [-0.15, -0.1) is 0 Å². The zero-order valence-electron chi connectivity index (χ0n) is 15.7. The van der Waals surface area contributed by atoms with E-state index in [-0.39, 0.29) is 29.8 Å². The lowest BCUT2D eigenvalue weighted by atomic mass is 9.55. The second-order valence-electron chi connectivity index (χ2n) is 8.44. The molecule has 142 valence electrons. The molecule has 0 aliphatic heterocycles. The number of esters is 1. The van der Waals surface area contributed by atoms with Crippen LogP contribution in [0.4, 0.5) is 0 Å². The molecule has 0 radical (unpaired) electrons. The summed E-state index contributed by atoms with van der Waals surface area (Å²) < 4.78 is 11.1. The molecular formula is C21H29NO4. The summed E-state index contributed by atoms with van der Waals surface area (Å²) in [6.07, 6.45) is 6.35. The van der Waals surface area contributed by atoms with Crippen LogP contribution >= 0.6 is 0 Å². The summed E-state index contributed by atoms with van der Waals surface area (Å²) in [5.74, 6) is 2.21. The van der Waals surface area contributed by atoms with Gasteiger partial charge in [-0.2, -0.15) is 0 Å². The smallest absolute Gasteiger partial charge is 0.319 e. The summed E-state index contributed by atoms with van der Waals surface area (Å²) in [6, 6.07) is 3.93. The van der Waals surface area contributed by atoms with Crippen molar-refractivity contribution in [2.24, 2.45) is 23.0 Å². The second kappa shape index (κ2) is 6.45. The maximum absolute atomic E-state index is 11.7. The molecule has 5 atom stereocenters. The molecular weight excluding hydrogens is 330 g/mol. The minimum atomic E-state index is -0.284. The number of ether oxygens (including phenoxy) is 2. The number of nitrogens with two attached hydrogens (primary N) is 1. The lowest BCUT2D eigenvalue weighted by molar-refractivity contribution is -0.155. The lowest BCUT2D eigenvalue weighted by Crippen LogP contribution is -2.45. The zero-order chi connectivity index (χ0) is 18.5. The standard InChI is InChI=1S/C21H29NO4/c1-21-8-7-13-14(16(21)5-6-19(21)26-20(24)11-22)4-3-12-9-17(23)18(25-2)10-15(12)13/h9-10,13-14,16,19,23H,3-8,11,22H2,1-2H3/t13-,14+,16-,19-,21-/m0/s1. The van der Waals surface area contributed by atoms with Crippen LogP contribution in [0, 0.1) is 17.3 Å². The fourth-order valence-electron chi connectivity index (χ4n) is 6.10. The molecule has 3 N–H and O–H groups in total. The van der Waals surface area contributed by atoms with Gasteiger partial charge in [-0.05, 0) is 79.5 Å². The van der Waals surface area contributed by atoms with Crippen molar-refractivity contribution in [2.75, 3.05) is 13.7 Å². The van der Waals surface area contributed by atoms with E-state index in [0.717, 1.165) is 38.5 Å². The molecule has 0 spiro atoms. The van der Waals surface area contributed by atoms with Crippen molar-refractivity contribution in [1.29, 1.82) is 0 Å². The quantitative estimate of drug-likeness (QED) is 0.810. The SMILES string of the molecule is COc1cc2c(cc1O)CC[C@@H]1[C@@H]2CC[C@]2(C)[C@@H](OC(=O)CN)CC[C@@H]12. The highest BCUT2D eigenvalue weighted by atomic mass is 16.5. The first kappa shape index (κ1) is 17.7. The van der Waals surface area contributed by atoms with Gasteiger partial charge >= 0.3 is 5.97 Å². The van der Waals surface area contributed by atoms with E-state index in [0.29, 0.717) is 23.5 Å². The maximum Gasteiger partial charge on any atom is 0.319 e. The van der Waals surface area contributed by atoms with Crippen LogP contribution in [0.15, 0.2) is 12.1 Å². The fourth-order valence-corrected chi connectivity index (χ4v) is 6.10. The molecule has 0 heterocycles. The number of methoxy groups -OCH3 is 1. The summed E-state index contributed by atoms with van der Waals surface area (Å²) >= 11 is 0. The maximum atomic E-state index is 11.7. The molecule has 2 fully saturated rings. The predicted molar refractivity (Wildman–Crippen MR) is 98.2 cm³/mol. The summed E-state index contributed by atoms with van der Waals surface area (Å²) in [6.45, 7) is 2.27. The van der Waals surface area contributed by atoms with Crippen LogP contribution in [-0.4, -0.2) is 30.8 Å². The average Bonchev–Trinajstić information content (AvgIpc) is 2.97. The monoisotopic (exact) mass is 359 g/mol. The number of phenolic OH excluding ortho intramolecular Hbond substituents is 1. The Hall–Kier alpha value is -1.75. The largest absolute Gasteiger partial charge is 0.504 e. The predicted octanol–water partition coefficient (Wildman–Crippen LogP) is 3.13. The van der Waals surface area contributed by atoms with Crippen molar-refractivity contribution in [3.8, 4) is 11.5 Å². The van der Waals surface area contributed by atoms with Crippen molar-refractivity contribution in [3.63, 3.8) is 0 Å². The summed E-state index contributed by atoms with van der Waals surface area (Å²) in [5, 5.41) is 10.1. The molecule has 3 aliphatic carbocycles. The minimum Gasteiger partial charge on any atom is -0.504 e. The average molecular weight is 359 g/mol. The fraction of sp³-hybridized carbons (Fsp3) is 0.667. The molecule has 0 aromatic heterocycles. The van der Waals surface area contributed by atoms with Gasteiger partial charge in [-0.3, -0.25) is 4.79 Å². The Bertz CT molecular complexity index is 718. The van der Waals surface area contributed by atoms with Crippen molar-refractivity contribution in [3.05, 3.63) is 23.3 Å². The van der Waals surface area contributed by atoms with Gasteiger partial charge in [0, 0.05) is 5.41 Å². The number of hydrogen-bond acceptors (Lipinski definition) is 5. The van der Waals surface area contributed by atoms with Gasteiger partial charge in [0.25, 0.3) is 0 Å². The highest BCUT2D eigenvalue weighted by Crippen LogP contribution is 2.62. The number of aryl methyl sites for hydroxylation is 1. The highest BCUT2D eigenvalue weighted by molar-refractivity contribution is 5.71. The van der Waals surface area contributed by atoms with Crippen molar-refractivity contribution in [2.45, 2.75) is 57.5 Å². The first-order valence-electron chi connectivity index (χ1n) is 9.77. The lowest BCUT2D eigenvalue weighted by Gasteiger charge is -2.50. The summed E-state index contributed by atoms with van der Waals surface area (Å²) in [7, 11) is 1.60. The Morgan fingerprint density at radius 1 is 1.31 bits per heavy atom. The Labute approximate surface area is 154 Å². The molecule has 1 aromatic carbocycles. The van der Waals surface area contributed by atoms with E-state index < -0.39 is 0 Å². The van der Waals surface area contributed by atoms with E-state index in [4.69, 9.17) is 15.2 Å². The third-order valence-corrected chi connectivity index (χ3v) is 7.38. The topological polar surface area (TPSA) is 81.8 Å². The highest BCUT2D eigenvalue weighted by Gasteiger charge is 2.56. The van der Waals surface area contributed by atoms with Crippen LogP contribution in [0.25, 0.3) is 0 Å². The molecule has 0 saturated heterocycles. The van der Waals surface area contributed by atoms with E-state index >= 15 is 0 Å². The molecule has 5 nitrogen and oxygen atoms in total. The van der Waals surface area contributed by atoms with Crippen LogP contribution in [0.1, 0.15) is 56.1 Å². The van der Waals surface area contributed by atoms with E-state index in [1.807, 2.05) is 12.1 Å². The molecule has 5 heteroatoms. The van der Waals surface area contributed by atoms with Gasteiger partial charge in [0.05, 0.1) is 13.7 Å². The van der Waals surface area contributed by atoms with Gasteiger partial charge < -0.3 is 20.3 Å². The number of phenols is 1. The Kier molecular flexibility index (Phi) is 4.38. The van der Waals surface area contributed by atoms with Crippen molar-refractivity contribution >= 4 is 5.97 Å². The second-order valence-corrected chi connectivity index (χ2v) is 8.44. The molecule has 4 rings (SSSR count). The summed E-state index contributed by atoms with van der Waals surface area (Å²) in [5.41, 5.74) is 8.12. The Morgan fingerprint density at radius 3 is 2.85 bits per heavy atom. The zero-order valence-corrected chi connectivity index (χ0v) is 15.7. The number of hydrogen-bond donors (Lipinski definition) is 2.